The minimum Gasteiger partial charge on any atom is -0.352 e. The second kappa shape index (κ2) is 8.91. The molecule has 2 amide bonds. The first-order valence-electron chi connectivity index (χ1n) is 7.44. The Bertz CT molecular complexity index is 294. The summed E-state index contributed by atoms with van der Waals surface area (Å²) in [5, 5.41) is 3.02. The Kier molecular flexibility index (Phi) is 7.48. The fourth-order valence-electron chi connectivity index (χ4n) is 2.41. The summed E-state index contributed by atoms with van der Waals surface area (Å²) >= 11 is 0. The zero-order chi connectivity index (χ0) is 14.1. The molecular weight excluding hydrogens is 242 g/mol. The first-order valence-corrected chi connectivity index (χ1v) is 7.44. The van der Waals surface area contributed by atoms with Crippen LogP contribution in [0.5, 0.6) is 0 Å². The second-order valence-corrected chi connectivity index (χ2v) is 5.20. The van der Waals surface area contributed by atoms with Gasteiger partial charge in [0.25, 0.3) is 0 Å². The van der Waals surface area contributed by atoms with E-state index in [1.54, 1.807) is 0 Å². The highest BCUT2D eigenvalue weighted by Crippen LogP contribution is 2.11. The Hall–Kier alpha value is -1.10. The van der Waals surface area contributed by atoms with E-state index >= 15 is 0 Å². The fraction of sp³-hybridized carbons (Fsp3) is 0.857. The van der Waals surface area contributed by atoms with Crippen molar-refractivity contribution in [1.82, 2.24) is 10.2 Å². The van der Waals surface area contributed by atoms with Crippen molar-refractivity contribution in [2.24, 2.45) is 5.73 Å². The number of carbonyl (C=O) groups is 2. The molecule has 5 nitrogen and oxygen atoms in total. The van der Waals surface area contributed by atoms with Crippen LogP contribution in [-0.2, 0) is 9.59 Å². The summed E-state index contributed by atoms with van der Waals surface area (Å²) in [6.45, 7) is 4.05. The van der Waals surface area contributed by atoms with Crippen LogP contribution in [0, 0.1) is 0 Å². The van der Waals surface area contributed by atoms with Crippen LogP contribution in [-0.4, -0.2) is 42.4 Å². The fourth-order valence-corrected chi connectivity index (χ4v) is 2.41. The molecule has 1 heterocycles. The van der Waals surface area contributed by atoms with Crippen molar-refractivity contribution < 1.29 is 9.59 Å². The van der Waals surface area contributed by atoms with Crippen LogP contribution < -0.4 is 11.1 Å². The average molecular weight is 269 g/mol. The quantitative estimate of drug-likeness (QED) is 0.646. The third-order valence-electron chi connectivity index (χ3n) is 3.57. The number of nitrogens with zero attached hydrogens (tertiary/aromatic N) is 1. The van der Waals surface area contributed by atoms with Crippen LogP contribution in [0.3, 0.4) is 0 Å². The van der Waals surface area contributed by atoms with Crippen molar-refractivity contribution in [2.75, 3.05) is 19.6 Å². The molecule has 0 aromatic carbocycles. The Labute approximate surface area is 115 Å². The summed E-state index contributed by atoms with van der Waals surface area (Å²) in [5.74, 6) is 0.294. The van der Waals surface area contributed by atoms with Gasteiger partial charge in [-0.25, -0.2) is 0 Å². The van der Waals surface area contributed by atoms with Crippen LogP contribution in [0.25, 0.3) is 0 Å². The van der Waals surface area contributed by atoms with E-state index in [9.17, 15) is 9.59 Å². The highest BCUT2D eigenvalue weighted by Gasteiger charge is 2.25. The molecule has 0 aromatic rings. The third kappa shape index (κ3) is 6.05. The van der Waals surface area contributed by atoms with E-state index < -0.39 is 0 Å². The average Bonchev–Trinajstić information content (AvgIpc) is 2.86. The third-order valence-corrected chi connectivity index (χ3v) is 3.57. The molecule has 1 aliphatic heterocycles. The number of unbranched alkanes of at least 4 members (excludes halogenated alkanes) is 3. The van der Waals surface area contributed by atoms with Crippen molar-refractivity contribution in [3.8, 4) is 0 Å². The summed E-state index contributed by atoms with van der Waals surface area (Å²) in [6.07, 6.45) is 6.14. The minimum absolute atomic E-state index is 0.114. The summed E-state index contributed by atoms with van der Waals surface area (Å²) in [6, 6.07) is 0.145. The zero-order valence-corrected chi connectivity index (χ0v) is 12.0. The predicted molar refractivity (Wildman–Crippen MR) is 75.6 cm³/mol. The number of rotatable bonds is 8. The summed E-state index contributed by atoms with van der Waals surface area (Å²) in [5.41, 5.74) is 5.42. The first kappa shape index (κ1) is 16.0. The van der Waals surface area contributed by atoms with Gasteiger partial charge in [0.2, 0.25) is 11.8 Å². The van der Waals surface area contributed by atoms with E-state index in [4.69, 9.17) is 5.73 Å². The van der Waals surface area contributed by atoms with Crippen molar-refractivity contribution >= 4 is 11.8 Å². The zero-order valence-electron chi connectivity index (χ0n) is 12.0. The molecule has 1 aliphatic rings. The van der Waals surface area contributed by atoms with Crippen molar-refractivity contribution in [3.63, 3.8) is 0 Å². The standard InChI is InChI=1S/C14H27N3O2/c1-2-14(19)17-10-8-12(11-17)16-13(18)7-5-3-4-6-9-15/h12H,2-11,15H2,1H3,(H,16,18). The van der Waals surface area contributed by atoms with Crippen molar-refractivity contribution in [3.05, 3.63) is 0 Å². The topological polar surface area (TPSA) is 75.4 Å². The number of hydrogen-bond acceptors (Lipinski definition) is 3. The van der Waals surface area contributed by atoms with Gasteiger partial charge < -0.3 is 16.0 Å². The molecule has 0 bridgehead atoms. The highest BCUT2D eigenvalue weighted by atomic mass is 16.2. The Morgan fingerprint density at radius 2 is 2.00 bits per heavy atom. The monoisotopic (exact) mass is 269 g/mol. The maximum Gasteiger partial charge on any atom is 0.222 e. The van der Waals surface area contributed by atoms with E-state index in [1.807, 2.05) is 11.8 Å². The van der Waals surface area contributed by atoms with E-state index in [-0.39, 0.29) is 17.9 Å². The van der Waals surface area contributed by atoms with Crippen molar-refractivity contribution in [1.29, 1.82) is 0 Å². The van der Waals surface area contributed by atoms with Crippen LogP contribution >= 0.6 is 0 Å². The molecule has 1 rings (SSSR count). The second-order valence-electron chi connectivity index (χ2n) is 5.20. The number of amides is 2. The van der Waals surface area contributed by atoms with Gasteiger partial charge >= 0.3 is 0 Å². The smallest absolute Gasteiger partial charge is 0.222 e. The summed E-state index contributed by atoms with van der Waals surface area (Å²) in [4.78, 5) is 25.1. The van der Waals surface area contributed by atoms with Gasteiger partial charge in [0, 0.05) is 32.0 Å². The van der Waals surface area contributed by atoms with Crippen LogP contribution in [0.1, 0.15) is 51.9 Å². The molecule has 0 saturated carbocycles. The largest absolute Gasteiger partial charge is 0.352 e. The molecular formula is C14H27N3O2. The molecule has 0 radical (unpaired) electrons. The van der Waals surface area contributed by atoms with Gasteiger partial charge in [0.1, 0.15) is 0 Å². The normalized spacial score (nSPS) is 18.6. The summed E-state index contributed by atoms with van der Waals surface area (Å²) < 4.78 is 0. The number of carbonyl (C=O) groups excluding carboxylic acids is 2. The number of nitrogens with two attached hydrogens (primary N) is 1. The van der Waals surface area contributed by atoms with Crippen LogP contribution in [0.2, 0.25) is 0 Å². The maximum atomic E-state index is 11.7. The van der Waals surface area contributed by atoms with Crippen LogP contribution in [0.4, 0.5) is 0 Å². The number of nitrogens with one attached hydrogen (secondary N) is 1. The summed E-state index contributed by atoms with van der Waals surface area (Å²) in [7, 11) is 0. The molecule has 1 unspecified atom stereocenters. The lowest BCUT2D eigenvalue weighted by Crippen LogP contribution is -2.38. The Morgan fingerprint density at radius 1 is 1.26 bits per heavy atom. The van der Waals surface area contributed by atoms with Gasteiger partial charge in [0.05, 0.1) is 0 Å². The molecule has 1 saturated heterocycles. The lowest BCUT2D eigenvalue weighted by Gasteiger charge is -2.16. The highest BCUT2D eigenvalue weighted by molar-refractivity contribution is 5.78. The van der Waals surface area contributed by atoms with Gasteiger partial charge in [-0.2, -0.15) is 0 Å². The Morgan fingerprint density at radius 3 is 2.68 bits per heavy atom. The lowest BCUT2D eigenvalue weighted by atomic mass is 10.1. The first-order chi connectivity index (χ1) is 9.17. The molecule has 3 N–H and O–H groups in total. The molecule has 0 spiro atoms. The van der Waals surface area contributed by atoms with Crippen LogP contribution in [0.15, 0.2) is 0 Å². The minimum atomic E-state index is 0.114. The molecule has 0 aliphatic carbocycles. The van der Waals surface area contributed by atoms with E-state index in [0.717, 1.165) is 45.2 Å². The molecule has 19 heavy (non-hydrogen) atoms. The maximum absolute atomic E-state index is 11.7. The van der Waals surface area contributed by atoms with Gasteiger partial charge in [-0.15, -0.1) is 0 Å². The molecule has 1 fully saturated rings. The van der Waals surface area contributed by atoms with E-state index in [1.165, 1.54) is 0 Å². The molecule has 0 aromatic heterocycles. The molecule has 1 atom stereocenters. The van der Waals surface area contributed by atoms with E-state index in [0.29, 0.717) is 19.4 Å². The van der Waals surface area contributed by atoms with Gasteiger partial charge in [-0.05, 0) is 25.8 Å². The Balaban J connectivity index is 2.11. The lowest BCUT2D eigenvalue weighted by molar-refractivity contribution is -0.130. The number of likely N-dealkylation sites (tertiary alicyclic amines) is 1. The van der Waals surface area contributed by atoms with Gasteiger partial charge in [-0.1, -0.05) is 19.8 Å². The number of hydrogen-bond donors (Lipinski definition) is 2. The van der Waals surface area contributed by atoms with Crippen molar-refractivity contribution in [2.45, 2.75) is 57.9 Å². The van der Waals surface area contributed by atoms with Gasteiger partial charge in [-0.3, -0.25) is 9.59 Å². The van der Waals surface area contributed by atoms with E-state index in [2.05, 4.69) is 5.32 Å². The molecule has 110 valence electrons. The SMILES string of the molecule is CCC(=O)N1CCC(NC(=O)CCCCCCN)C1. The predicted octanol–water partition coefficient (Wildman–Crippen LogP) is 1.02. The van der Waals surface area contributed by atoms with Gasteiger partial charge in [0.15, 0.2) is 0 Å². The molecule has 5 heteroatoms.